The minimum atomic E-state index is -0.478. The number of aliphatic hydroxyl groups is 1. The summed E-state index contributed by atoms with van der Waals surface area (Å²) >= 11 is 0. The van der Waals surface area contributed by atoms with E-state index in [1.807, 2.05) is 7.05 Å². The number of aliphatic hydroxyl groups excluding tert-OH is 1. The van der Waals surface area contributed by atoms with Crippen LogP contribution in [0.2, 0.25) is 0 Å². The summed E-state index contributed by atoms with van der Waals surface area (Å²) in [6.07, 6.45) is 2.20. The summed E-state index contributed by atoms with van der Waals surface area (Å²) in [5.74, 6) is 0.472. The standard InChI is InChI=1S/C20H31N3O2/c1-21-9-11-23(12-10-21)15-18(24)14-22(2)20(25)13-17-8-7-16-5-3-4-6-19(16)17/h3-6,17-18,24H,7-15H2,1-2H3/t17-,18-/m0/s1. The van der Waals surface area contributed by atoms with Crippen LogP contribution in [-0.4, -0.2) is 85.2 Å². The number of rotatable bonds is 6. The van der Waals surface area contributed by atoms with E-state index < -0.39 is 6.10 Å². The van der Waals surface area contributed by atoms with Crippen molar-refractivity contribution < 1.29 is 9.90 Å². The molecule has 1 aromatic rings. The Hall–Kier alpha value is -1.43. The van der Waals surface area contributed by atoms with Crippen LogP contribution < -0.4 is 0 Å². The van der Waals surface area contributed by atoms with Crippen molar-refractivity contribution in [2.24, 2.45) is 0 Å². The lowest BCUT2D eigenvalue weighted by atomic mass is 9.97. The number of nitrogens with zero attached hydrogens (tertiary/aromatic N) is 3. The molecule has 0 aromatic heterocycles. The fourth-order valence-electron chi connectivity index (χ4n) is 4.03. The van der Waals surface area contributed by atoms with E-state index in [1.54, 1.807) is 4.90 Å². The van der Waals surface area contributed by atoms with Gasteiger partial charge in [0, 0.05) is 52.7 Å². The summed E-state index contributed by atoms with van der Waals surface area (Å²) in [5, 5.41) is 10.4. The van der Waals surface area contributed by atoms with Crippen molar-refractivity contribution in [2.45, 2.75) is 31.3 Å². The highest BCUT2D eigenvalue weighted by molar-refractivity contribution is 5.77. The topological polar surface area (TPSA) is 47.0 Å². The van der Waals surface area contributed by atoms with Gasteiger partial charge in [0.2, 0.25) is 5.91 Å². The third-order valence-corrected chi connectivity index (χ3v) is 5.65. The predicted octanol–water partition coefficient (Wildman–Crippen LogP) is 1.17. The van der Waals surface area contributed by atoms with Crippen LogP contribution in [0, 0.1) is 0 Å². The monoisotopic (exact) mass is 345 g/mol. The van der Waals surface area contributed by atoms with Gasteiger partial charge in [-0.05, 0) is 36.9 Å². The van der Waals surface area contributed by atoms with Gasteiger partial charge in [-0.25, -0.2) is 0 Å². The Morgan fingerprint density at radius 2 is 2.00 bits per heavy atom. The maximum Gasteiger partial charge on any atom is 0.223 e. The molecule has 0 spiro atoms. The molecule has 1 saturated heterocycles. The van der Waals surface area contributed by atoms with Gasteiger partial charge in [0.15, 0.2) is 0 Å². The lowest BCUT2D eigenvalue weighted by molar-refractivity contribution is -0.131. The molecule has 1 fully saturated rings. The summed E-state index contributed by atoms with van der Waals surface area (Å²) in [7, 11) is 3.94. The average molecular weight is 345 g/mol. The summed E-state index contributed by atoms with van der Waals surface area (Å²) in [5.41, 5.74) is 2.72. The minimum absolute atomic E-state index is 0.138. The van der Waals surface area contributed by atoms with E-state index in [0.29, 0.717) is 25.4 Å². The summed E-state index contributed by atoms with van der Waals surface area (Å²) in [4.78, 5) is 18.9. The van der Waals surface area contributed by atoms with Crippen LogP contribution >= 0.6 is 0 Å². The molecule has 5 nitrogen and oxygen atoms in total. The Labute approximate surface area is 151 Å². The van der Waals surface area contributed by atoms with E-state index >= 15 is 0 Å². The Morgan fingerprint density at radius 1 is 1.28 bits per heavy atom. The van der Waals surface area contributed by atoms with E-state index in [1.165, 1.54) is 11.1 Å². The van der Waals surface area contributed by atoms with Crippen molar-refractivity contribution in [1.29, 1.82) is 0 Å². The van der Waals surface area contributed by atoms with Gasteiger partial charge in [-0.3, -0.25) is 9.69 Å². The predicted molar refractivity (Wildman–Crippen MR) is 99.7 cm³/mol. The van der Waals surface area contributed by atoms with E-state index in [2.05, 4.69) is 41.1 Å². The summed E-state index contributed by atoms with van der Waals surface area (Å²) in [6.45, 7) is 5.14. The number of likely N-dealkylation sites (N-methyl/N-ethyl adjacent to an activating group) is 2. The molecule has 0 unspecified atom stereocenters. The van der Waals surface area contributed by atoms with Crippen molar-refractivity contribution in [2.75, 3.05) is 53.4 Å². The van der Waals surface area contributed by atoms with Crippen molar-refractivity contribution in [3.63, 3.8) is 0 Å². The van der Waals surface area contributed by atoms with Crippen molar-refractivity contribution >= 4 is 5.91 Å². The second-order valence-electron chi connectivity index (χ2n) is 7.67. The van der Waals surface area contributed by atoms with Gasteiger partial charge in [0.05, 0.1) is 6.10 Å². The van der Waals surface area contributed by atoms with Crippen LogP contribution in [0.4, 0.5) is 0 Å². The Balaban J connectivity index is 1.45. The summed E-state index contributed by atoms with van der Waals surface area (Å²) in [6, 6.07) is 8.46. The summed E-state index contributed by atoms with van der Waals surface area (Å²) < 4.78 is 0. The molecular formula is C20H31N3O2. The number of piperazine rings is 1. The van der Waals surface area contributed by atoms with Gasteiger partial charge in [0.25, 0.3) is 0 Å². The molecular weight excluding hydrogens is 314 g/mol. The van der Waals surface area contributed by atoms with E-state index in [0.717, 1.165) is 39.0 Å². The van der Waals surface area contributed by atoms with Crippen molar-refractivity contribution in [3.8, 4) is 0 Å². The van der Waals surface area contributed by atoms with E-state index in [4.69, 9.17) is 0 Å². The molecule has 1 aliphatic heterocycles. The molecule has 5 heteroatoms. The van der Waals surface area contributed by atoms with Crippen LogP contribution in [0.15, 0.2) is 24.3 Å². The number of carbonyl (C=O) groups excluding carboxylic acids is 1. The third kappa shape index (κ3) is 4.81. The van der Waals surface area contributed by atoms with Gasteiger partial charge in [0.1, 0.15) is 0 Å². The quantitative estimate of drug-likeness (QED) is 0.841. The fraction of sp³-hybridized carbons (Fsp3) is 0.650. The molecule has 1 aromatic carbocycles. The maximum absolute atomic E-state index is 12.6. The Bertz CT molecular complexity index is 584. The molecule has 2 aliphatic rings. The first-order valence-electron chi connectivity index (χ1n) is 9.43. The SMILES string of the molecule is CN1CCN(C[C@@H](O)CN(C)C(=O)C[C@@H]2CCc3ccccc32)CC1. The number of aryl methyl sites for hydroxylation is 1. The maximum atomic E-state index is 12.6. The number of β-amino-alcohol motifs (C(OH)–C–C–N with tert-alkyl or cyclic N) is 1. The number of hydrogen-bond donors (Lipinski definition) is 1. The first-order valence-corrected chi connectivity index (χ1v) is 9.43. The van der Waals surface area contributed by atoms with Crippen LogP contribution in [0.3, 0.4) is 0 Å². The highest BCUT2D eigenvalue weighted by atomic mass is 16.3. The second-order valence-corrected chi connectivity index (χ2v) is 7.67. The molecule has 1 N–H and O–H groups in total. The molecule has 0 radical (unpaired) electrons. The van der Waals surface area contributed by atoms with Gasteiger partial charge < -0.3 is 14.9 Å². The highest BCUT2D eigenvalue weighted by Gasteiger charge is 2.26. The molecule has 3 rings (SSSR count). The lowest BCUT2D eigenvalue weighted by Crippen LogP contribution is -2.49. The zero-order chi connectivity index (χ0) is 17.8. The molecule has 1 aliphatic carbocycles. The van der Waals surface area contributed by atoms with E-state index in [9.17, 15) is 9.90 Å². The first-order chi connectivity index (χ1) is 12.0. The Morgan fingerprint density at radius 3 is 2.76 bits per heavy atom. The number of fused-ring (bicyclic) bond motifs is 1. The molecule has 0 bridgehead atoms. The molecule has 2 atom stereocenters. The number of hydrogen-bond acceptors (Lipinski definition) is 4. The van der Waals surface area contributed by atoms with Crippen molar-refractivity contribution in [1.82, 2.24) is 14.7 Å². The van der Waals surface area contributed by atoms with Crippen LogP contribution in [0.25, 0.3) is 0 Å². The second kappa shape index (κ2) is 8.30. The van der Waals surface area contributed by atoms with Crippen molar-refractivity contribution in [3.05, 3.63) is 35.4 Å². The first kappa shape index (κ1) is 18.4. The molecule has 1 heterocycles. The zero-order valence-electron chi connectivity index (χ0n) is 15.5. The zero-order valence-corrected chi connectivity index (χ0v) is 15.5. The van der Waals surface area contributed by atoms with Gasteiger partial charge in [-0.1, -0.05) is 24.3 Å². The van der Waals surface area contributed by atoms with Crippen LogP contribution in [0.5, 0.6) is 0 Å². The number of benzene rings is 1. The molecule has 138 valence electrons. The fourth-order valence-corrected chi connectivity index (χ4v) is 4.03. The van der Waals surface area contributed by atoms with Crippen LogP contribution in [-0.2, 0) is 11.2 Å². The molecule has 0 saturated carbocycles. The third-order valence-electron chi connectivity index (χ3n) is 5.65. The molecule has 25 heavy (non-hydrogen) atoms. The van der Waals surface area contributed by atoms with Gasteiger partial charge >= 0.3 is 0 Å². The minimum Gasteiger partial charge on any atom is -0.390 e. The number of carbonyl (C=O) groups is 1. The smallest absolute Gasteiger partial charge is 0.223 e. The number of amides is 1. The lowest BCUT2D eigenvalue weighted by Gasteiger charge is -2.34. The molecule has 1 amide bonds. The van der Waals surface area contributed by atoms with E-state index in [-0.39, 0.29) is 5.91 Å². The van der Waals surface area contributed by atoms with Crippen LogP contribution in [0.1, 0.15) is 29.9 Å². The largest absolute Gasteiger partial charge is 0.390 e. The van der Waals surface area contributed by atoms with Gasteiger partial charge in [-0.2, -0.15) is 0 Å². The Kier molecular flexibility index (Phi) is 6.10. The van der Waals surface area contributed by atoms with Gasteiger partial charge in [-0.15, -0.1) is 0 Å². The highest BCUT2D eigenvalue weighted by Crippen LogP contribution is 2.35. The average Bonchev–Trinajstić information content (AvgIpc) is 3.00. The normalized spacial score (nSPS) is 22.6.